The SMILES string of the molecule is NC(=O)CCn1ccc2cnc(Cl)nc21. The molecule has 2 rings (SSSR count). The molecular weight excluding hydrogens is 216 g/mol. The van der Waals surface area contributed by atoms with Gasteiger partial charge in [0.05, 0.1) is 0 Å². The molecule has 1 amide bonds. The van der Waals surface area contributed by atoms with Crippen molar-refractivity contribution >= 4 is 28.5 Å². The lowest BCUT2D eigenvalue weighted by molar-refractivity contribution is -0.118. The van der Waals surface area contributed by atoms with E-state index >= 15 is 0 Å². The Morgan fingerprint density at radius 1 is 1.60 bits per heavy atom. The van der Waals surface area contributed by atoms with Crippen LogP contribution in [0.1, 0.15) is 6.42 Å². The van der Waals surface area contributed by atoms with Crippen LogP contribution in [-0.2, 0) is 11.3 Å². The third-order valence-electron chi connectivity index (χ3n) is 2.07. The van der Waals surface area contributed by atoms with Gasteiger partial charge in [-0.15, -0.1) is 0 Å². The monoisotopic (exact) mass is 224 g/mol. The molecule has 6 heteroatoms. The van der Waals surface area contributed by atoms with Crippen molar-refractivity contribution in [3.63, 3.8) is 0 Å². The first-order valence-corrected chi connectivity index (χ1v) is 4.80. The zero-order chi connectivity index (χ0) is 10.8. The predicted molar refractivity (Wildman–Crippen MR) is 56.3 cm³/mol. The fourth-order valence-electron chi connectivity index (χ4n) is 1.36. The number of carbonyl (C=O) groups excluding carboxylic acids is 1. The Balaban J connectivity index is 2.35. The molecule has 0 spiro atoms. The van der Waals surface area contributed by atoms with Gasteiger partial charge in [0.2, 0.25) is 11.2 Å². The van der Waals surface area contributed by atoms with Crippen LogP contribution in [-0.4, -0.2) is 20.4 Å². The molecule has 0 aromatic carbocycles. The number of amides is 1. The smallest absolute Gasteiger partial charge is 0.224 e. The van der Waals surface area contributed by atoms with Crippen LogP contribution in [0.15, 0.2) is 18.5 Å². The van der Waals surface area contributed by atoms with Gasteiger partial charge in [-0.3, -0.25) is 4.79 Å². The molecule has 78 valence electrons. The fraction of sp³-hybridized carbons (Fsp3) is 0.222. The third kappa shape index (κ3) is 2.07. The molecule has 15 heavy (non-hydrogen) atoms. The quantitative estimate of drug-likeness (QED) is 0.790. The first kappa shape index (κ1) is 9.92. The summed E-state index contributed by atoms with van der Waals surface area (Å²) in [7, 11) is 0. The summed E-state index contributed by atoms with van der Waals surface area (Å²) in [6, 6.07) is 1.87. The molecule has 0 fully saturated rings. The molecule has 0 aliphatic rings. The maximum Gasteiger partial charge on any atom is 0.224 e. The zero-order valence-corrected chi connectivity index (χ0v) is 8.61. The van der Waals surface area contributed by atoms with Crippen molar-refractivity contribution in [2.75, 3.05) is 0 Å². The van der Waals surface area contributed by atoms with E-state index in [1.54, 1.807) is 6.20 Å². The highest BCUT2D eigenvalue weighted by Crippen LogP contribution is 2.14. The number of hydrogen-bond donors (Lipinski definition) is 1. The number of fused-ring (bicyclic) bond motifs is 1. The fourth-order valence-corrected chi connectivity index (χ4v) is 1.49. The minimum Gasteiger partial charge on any atom is -0.370 e. The highest BCUT2D eigenvalue weighted by Gasteiger charge is 2.04. The van der Waals surface area contributed by atoms with Crippen molar-refractivity contribution in [2.24, 2.45) is 5.73 Å². The van der Waals surface area contributed by atoms with Crippen LogP contribution in [0, 0.1) is 0 Å². The summed E-state index contributed by atoms with van der Waals surface area (Å²) >= 11 is 5.68. The molecule has 2 aromatic rings. The van der Waals surface area contributed by atoms with Crippen molar-refractivity contribution in [2.45, 2.75) is 13.0 Å². The molecule has 0 saturated heterocycles. The van der Waals surface area contributed by atoms with Crippen molar-refractivity contribution < 1.29 is 4.79 Å². The molecule has 0 radical (unpaired) electrons. The van der Waals surface area contributed by atoms with Gasteiger partial charge < -0.3 is 10.3 Å². The topological polar surface area (TPSA) is 73.8 Å². The lowest BCUT2D eigenvalue weighted by Crippen LogP contribution is -2.13. The summed E-state index contributed by atoms with van der Waals surface area (Å²) < 4.78 is 1.83. The number of aryl methyl sites for hydroxylation is 1. The van der Waals surface area contributed by atoms with Gasteiger partial charge in [0.1, 0.15) is 5.65 Å². The Hall–Kier alpha value is -1.62. The predicted octanol–water partition coefficient (Wildman–Crippen LogP) is 0.960. The van der Waals surface area contributed by atoms with E-state index in [0.717, 1.165) is 11.0 Å². The van der Waals surface area contributed by atoms with Gasteiger partial charge in [-0.25, -0.2) is 4.98 Å². The average Bonchev–Trinajstić information content (AvgIpc) is 2.57. The first-order chi connectivity index (χ1) is 7.16. The number of aromatic nitrogens is 3. The molecule has 2 heterocycles. The van der Waals surface area contributed by atoms with Gasteiger partial charge in [-0.2, -0.15) is 4.98 Å². The third-order valence-corrected chi connectivity index (χ3v) is 2.25. The minimum absolute atomic E-state index is 0.196. The van der Waals surface area contributed by atoms with E-state index in [4.69, 9.17) is 17.3 Å². The van der Waals surface area contributed by atoms with E-state index in [9.17, 15) is 4.79 Å². The van der Waals surface area contributed by atoms with E-state index in [2.05, 4.69) is 9.97 Å². The summed E-state index contributed by atoms with van der Waals surface area (Å²) in [4.78, 5) is 18.6. The van der Waals surface area contributed by atoms with E-state index in [1.807, 2.05) is 16.8 Å². The Morgan fingerprint density at radius 2 is 2.40 bits per heavy atom. The number of nitrogens with two attached hydrogens (primary N) is 1. The van der Waals surface area contributed by atoms with Crippen molar-refractivity contribution in [1.82, 2.24) is 14.5 Å². The van der Waals surface area contributed by atoms with Crippen LogP contribution in [0.5, 0.6) is 0 Å². The van der Waals surface area contributed by atoms with Crippen LogP contribution in [0.2, 0.25) is 5.28 Å². The van der Waals surface area contributed by atoms with Gasteiger partial charge >= 0.3 is 0 Å². The van der Waals surface area contributed by atoms with Crippen LogP contribution >= 0.6 is 11.6 Å². The molecule has 5 nitrogen and oxygen atoms in total. The van der Waals surface area contributed by atoms with E-state index in [-0.39, 0.29) is 17.6 Å². The lowest BCUT2D eigenvalue weighted by Gasteiger charge is -2.01. The number of halogens is 1. The van der Waals surface area contributed by atoms with Crippen molar-refractivity contribution in [3.05, 3.63) is 23.7 Å². The number of carbonyl (C=O) groups is 1. The summed E-state index contributed by atoms with van der Waals surface area (Å²) in [5, 5.41) is 1.09. The standard InChI is InChI=1S/C9H9ClN4O/c10-9-12-5-6-1-3-14(8(6)13-9)4-2-7(11)15/h1,3,5H,2,4H2,(H2,11,15). The van der Waals surface area contributed by atoms with Crippen LogP contribution < -0.4 is 5.73 Å². The number of hydrogen-bond acceptors (Lipinski definition) is 3. The maximum atomic E-state index is 10.6. The van der Waals surface area contributed by atoms with Gasteiger partial charge in [0, 0.05) is 30.7 Å². The van der Waals surface area contributed by atoms with E-state index < -0.39 is 0 Å². The van der Waals surface area contributed by atoms with Gasteiger partial charge in [0.25, 0.3) is 0 Å². The lowest BCUT2D eigenvalue weighted by atomic mass is 10.4. The second-order valence-corrected chi connectivity index (χ2v) is 3.48. The van der Waals surface area contributed by atoms with Crippen LogP contribution in [0.25, 0.3) is 11.0 Å². The first-order valence-electron chi connectivity index (χ1n) is 4.42. The second-order valence-electron chi connectivity index (χ2n) is 3.14. The normalized spacial score (nSPS) is 10.7. The molecule has 0 unspecified atom stereocenters. The zero-order valence-electron chi connectivity index (χ0n) is 7.85. The molecular formula is C9H9ClN4O. The molecule has 0 aliphatic heterocycles. The van der Waals surface area contributed by atoms with Crippen LogP contribution in [0.4, 0.5) is 0 Å². The van der Waals surface area contributed by atoms with E-state index in [1.165, 1.54) is 0 Å². The minimum atomic E-state index is -0.336. The summed E-state index contributed by atoms with van der Waals surface area (Å²) in [5.74, 6) is -0.336. The van der Waals surface area contributed by atoms with Gasteiger partial charge in [0.15, 0.2) is 0 Å². The van der Waals surface area contributed by atoms with Crippen molar-refractivity contribution in [3.8, 4) is 0 Å². The molecule has 0 saturated carbocycles. The highest BCUT2D eigenvalue weighted by atomic mass is 35.5. The molecule has 0 bridgehead atoms. The second kappa shape index (κ2) is 3.86. The molecule has 0 aliphatic carbocycles. The molecule has 2 aromatic heterocycles. The summed E-state index contributed by atoms with van der Waals surface area (Å²) in [5.41, 5.74) is 5.79. The Morgan fingerprint density at radius 3 is 3.13 bits per heavy atom. The maximum absolute atomic E-state index is 10.6. The van der Waals surface area contributed by atoms with E-state index in [0.29, 0.717) is 6.54 Å². The number of nitrogens with zero attached hydrogens (tertiary/aromatic N) is 3. The largest absolute Gasteiger partial charge is 0.370 e. The van der Waals surface area contributed by atoms with Gasteiger partial charge in [-0.05, 0) is 17.7 Å². The number of rotatable bonds is 3. The Bertz CT molecular complexity index is 508. The van der Waals surface area contributed by atoms with Gasteiger partial charge in [-0.1, -0.05) is 0 Å². The Labute approximate surface area is 90.9 Å². The molecule has 2 N–H and O–H groups in total. The van der Waals surface area contributed by atoms with Crippen molar-refractivity contribution in [1.29, 1.82) is 0 Å². The number of primary amides is 1. The molecule has 0 atom stereocenters. The highest BCUT2D eigenvalue weighted by molar-refractivity contribution is 6.28. The summed E-state index contributed by atoms with van der Waals surface area (Å²) in [6.07, 6.45) is 3.76. The average molecular weight is 225 g/mol. The summed E-state index contributed by atoms with van der Waals surface area (Å²) in [6.45, 7) is 0.506. The Kier molecular flexibility index (Phi) is 2.55. The van der Waals surface area contributed by atoms with Crippen LogP contribution in [0.3, 0.4) is 0 Å².